The molecule has 0 unspecified atom stereocenters. The summed E-state index contributed by atoms with van der Waals surface area (Å²) in [4.78, 5) is 17.0. The van der Waals surface area contributed by atoms with Crippen molar-refractivity contribution in [2.75, 3.05) is 13.2 Å². The van der Waals surface area contributed by atoms with Crippen molar-refractivity contribution >= 4 is 16.9 Å². The van der Waals surface area contributed by atoms with E-state index in [9.17, 15) is 9.18 Å². The maximum atomic E-state index is 13.8. The van der Waals surface area contributed by atoms with E-state index in [0.717, 1.165) is 35.6 Å². The number of rotatable bonds is 10. The topological polar surface area (TPSA) is 56.1 Å². The van der Waals surface area contributed by atoms with Crippen molar-refractivity contribution in [3.8, 4) is 5.75 Å². The van der Waals surface area contributed by atoms with E-state index in [1.165, 1.54) is 17.7 Å². The normalized spacial score (nSPS) is 11.0. The zero-order valence-electron chi connectivity index (χ0n) is 18.8. The fraction of sp³-hybridized carbons (Fsp3) is 0.259. The zero-order chi connectivity index (χ0) is 23.0. The molecule has 170 valence electrons. The summed E-state index contributed by atoms with van der Waals surface area (Å²) in [6, 6.07) is 22.2. The number of halogens is 1. The number of hydrogen-bond donors (Lipinski definition) is 1. The minimum absolute atomic E-state index is 0.0679. The van der Waals surface area contributed by atoms with Gasteiger partial charge < -0.3 is 14.6 Å². The molecule has 6 heteroatoms. The van der Waals surface area contributed by atoms with Gasteiger partial charge in [0.15, 0.2) is 0 Å². The second-order valence-electron chi connectivity index (χ2n) is 8.03. The van der Waals surface area contributed by atoms with Crippen LogP contribution >= 0.6 is 0 Å². The van der Waals surface area contributed by atoms with E-state index >= 15 is 0 Å². The molecule has 0 aliphatic heterocycles. The first-order valence-electron chi connectivity index (χ1n) is 11.3. The third-order valence-electron chi connectivity index (χ3n) is 5.50. The van der Waals surface area contributed by atoms with Gasteiger partial charge in [-0.2, -0.15) is 0 Å². The quantitative estimate of drug-likeness (QED) is 0.336. The fourth-order valence-corrected chi connectivity index (χ4v) is 3.87. The molecule has 0 saturated heterocycles. The Bertz CT molecular complexity index is 1240. The third kappa shape index (κ3) is 5.77. The van der Waals surface area contributed by atoms with Crippen molar-refractivity contribution in [1.29, 1.82) is 0 Å². The molecule has 0 radical (unpaired) electrons. The van der Waals surface area contributed by atoms with Gasteiger partial charge in [-0.05, 0) is 61.7 Å². The molecule has 3 aromatic carbocycles. The summed E-state index contributed by atoms with van der Waals surface area (Å²) in [5.41, 5.74) is 3.30. The molecule has 0 atom stereocenters. The van der Waals surface area contributed by atoms with Crippen LogP contribution in [-0.4, -0.2) is 28.6 Å². The molecule has 33 heavy (non-hydrogen) atoms. The maximum absolute atomic E-state index is 13.8. The van der Waals surface area contributed by atoms with E-state index in [1.54, 1.807) is 12.1 Å². The SMILES string of the molecule is Cc1cccc(OCCCn2c(CCCNC(=O)c3ccccc3F)nc3ccccc32)c1. The minimum Gasteiger partial charge on any atom is -0.494 e. The maximum Gasteiger partial charge on any atom is 0.254 e. The molecular formula is C27H28FN3O2. The molecule has 1 N–H and O–H groups in total. The number of fused-ring (bicyclic) bond motifs is 1. The van der Waals surface area contributed by atoms with E-state index in [4.69, 9.17) is 9.72 Å². The largest absolute Gasteiger partial charge is 0.494 e. The van der Waals surface area contributed by atoms with Crippen molar-refractivity contribution in [2.45, 2.75) is 32.7 Å². The van der Waals surface area contributed by atoms with E-state index in [1.807, 2.05) is 36.4 Å². The Morgan fingerprint density at radius 3 is 2.70 bits per heavy atom. The van der Waals surface area contributed by atoms with Gasteiger partial charge in [0.1, 0.15) is 17.4 Å². The first-order valence-corrected chi connectivity index (χ1v) is 11.3. The highest BCUT2D eigenvalue weighted by atomic mass is 19.1. The second-order valence-corrected chi connectivity index (χ2v) is 8.03. The Balaban J connectivity index is 1.33. The molecule has 0 aliphatic rings. The molecule has 4 rings (SSSR count). The lowest BCUT2D eigenvalue weighted by molar-refractivity contribution is 0.0949. The molecule has 0 spiro atoms. The van der Waals surface area contributed by atoms with Crippen molar-refractivity contribution < 1.29 is 13.9 Å². The number of amides is 1. The lowest BCUT2D eigenvalue weighted by Crippen LogP contribution is -2.25. The molecule has 1 amide bonds. The van der Waals surface area contributed by atoms with Gasteiger partial charge in [0.05, 0.1) is 23.2 Å². The standard InChI is InChI=1S/C27H28FN3O2/c1-20-9-6-10-21(19-20)33-18-8-17-31-25-14-5-4-13-24(25)30-26(31)15-7-16-29-27(32)22-11-2-3-12-23(22)28/h2-6,9-14,19H,7-8,15-18H2,1H3,(H,29,32). The van der Waals surface area contributed by atoms with Crippen LogP contribution in [0.4, 0.5) is 4.39 Å². The summed E-state index contributed by atoms with van der Waals surface area (Å²) in [6.07, 6.45) is 2.28. The van der Waals surface area contributed by atoms with Crippen LogP contribution in [0.3, 0.4) is 0 Å². The predicted octanol–water partition coefficient (Wildman–Crippen LogP) is 5.32. The number of imidazole rings is 1. The Labute approximate surface area is 193 Å². The second kappa shape index (κ2) is 10.8. The average Bonchev–Trinajstić information content (AvgIpc) is 3.17. The lowest BCUT2D eigenvalue weighted by Gasteiger charge is -2.11. The molecule has 1 aromatic heterocycles. The van der Waals surface area contributed by atoms with Crippen LogP contribution in [0.25, 0.3) is 11.0 Å². The number of benzene rings is 3. The first-order chi connectivity index (χ1) is 16.1. The Morgan fingerprint density at radius 1 is 1.03 bits per heavy atom. The highest BCUT2D eigenvalue weighted by Crippen LogP contribution is 2.18. The first kappa shape index (κ1) is 22.5. The summed E-state index contributed by atoms with van der Waals surface area (Å²) < 4.78 is 21.9. The van der Waals surface area contributed by atoms with Crippen LogP contribution in [0.15, 0.2) is 72.8 Å². The van der Waals surface area contributed by atoms with Crippen molar-refractivity contribution in [1.82, 2.24) is 14.9 Å². The number of nitrogens with one attached hydrogen (secondary N) is 1. The number of ether oxygens (including phenoxy) is 1. The van der Waals surface area contributed by atoms with Gasteiger partial charge in [-0.3, -0.25) is 4.79 Å². The molecule has 1 heterocycles. The summed E-state index contributed by atoms with van der Waals surface area (Å²) in [6.45, 7) is 3.92. The van der Waals surface area contributed by atoms with Crippen LogP contribution in [0.1, 0.15) is 34.6 Å². The molecule has 4 aromatic rings. The van der Waals surface area contributed by atoms with Crippen LogP contribution in [-0.2, 0) is 13.0 Å². The van der Waals surface area contributed by atoms with E-state index in [-0.39, 0.29) is 5.56 Å². The van der Waals surface area contributed by atoms with Gasteiger partial charge in [0.2, 0.25) is 0 Å². The van der Waals surface area contributed by atoms with Crippen LogP contribution < -0.4 is 10.1 Å². The number of aromatic nitrogens is 2. The predicted molar refractivity (Wildman–Crippen MR) is 128 cm³/mol. The number of carbonyl (C=O) groups is 1. The molecule has 0 bridgehead atoms. The van der Waals surface area contributed by atoms with Crippen molar-refractivity contribution in [3.63, 3.8) is 0 Å². The van der Waals surface area contributed by atoms with Crippen LogP contribution in [0, 0.1) is 12.7 Å². The van der Waals surface area contributed by atoms with Crippen LogP contribution in [0.2, 0.25) is 0 Å². The van der Waals surface area contributed by atoms with Gasteiger partial charge in [0.25, 0.3) is 5.91 Å². The number of aryl methyl sites for hydroxylation is 3. The number of hydrogen-bond acceptors (Lipinski definition) is 3. The zero-order valence-corrected chi connectivity index (χ0v) is 18.8. The number of nitrogens with zero attached hydrogens (tertiary/aromatic N) is 2. The monoisotopic (exact) mass is 445 g/mol. The molecule has 0 saturated carbocycles. The molecule has 0 aliphatic carbocycles. The molecular weight excluding hydrogens is 417 g/mol. The van der Waals surface area contributed by atoms with E-state index in [2.05, 4.69) is 28.9 Å². The van der Waals surface area contributed by atoms with Gasteiger partial charge in [-0.1, -0.05) is 36.4 Å². The Hall–Kier alpha value is -3.67. The molecule has 5 nitrogen and oxygen atoms in total. The highest BCUT2D eigenvalue weighted by Gasteiger charge is 2.12. The van der Waals surface area contributed by atoms with E-state index in [0.29, 0.717) is 26.0 Å². The fourth-order valence-electron chi connectivity index (χ4n) is 3.87. The third-order valence-corrected chi connectivity index (χ3v) is 5.50. The number of para-hydroxylation sites is 2. The molecule has 0 fully saturated rings. The van der Waals surface area contributed by atoms with E-state index < -0.39 is 11.7 Å². The Morgan fingerprint density at radius 2 is 1.85 bits per heavy atom. The number of carbonyl (C=O) groups excluding carboxylic acids is 1. The Kier molecular flexibility index (Phi) is 7.35. The van der Waals surface area contributed by atoms with Gasteiger partial charge >= 0.3 is 0 Å². The average molecular weight is 446 g/mol. The van der Waals surface area contributed by atoms with Gasteiger partial charge in [-0.25, -0.2) is 9.37 Å². The summed E-state index contributed by atoms with van der Waals surface area (Å²) in [5, 5.41) is 2.80. The van der Waals surface area contributed by atoms with Crippen LogP contribution in [0.5, 0.6) is 5.75 Å². The summed E-state index contributed by atoms with van der Waals surface area (Å²) in [7, 11) is 0. The smallest absolute Gasteiger partial charge is 0.254 e. The minimum atomic E-state index is -0.510. The van der Waals surface area contributed by atoms with Gasteiger partial charge in [0, 0.05) is 19.5 Å². The van der Waals surface area contributed by atoms with Crippen molar-refractivity contribution in [3.05, 3.63) is 95.6 Å². The van der Waals surface area contributed by atoms with Gasteiger partial charge in [-0.15, -0.1) is 0 Å². The lowest BCUT2D eigenvalue weighted by atomic mass is 10.2. The summed E-state index contributed by atoms with van der Waals surface area (Å²) >= 11 is 0. The van der Waals surface area contributed by atoms with Crippen molar-refractivity contribution in [2.24, 2.45) is 0 Å². The summed E-state index contributed by atoms with van der Waals surface area (Å²) in [5.74, 6) is 0.961. The highest BCUT2D eigenvalue weighted by molar-refractivity contribution is 5.94.